The van der Waals surface area contributed by atoms with E-state index < -0.39 is 75.8 Å². The van der Waals surface area contributed by atoms with Gasteiger partial charge in [-0.2, -0.15) is 0 Å². The number of rotatable bonds is 8. The molecule has 5 amide bonds. The molecule has 2 aromatic carbocycles. The van der Waals surface area contributed by atoms with Crippen LogP contribution in [-0.2, 0) is 35.7 Å². The number of methoxy groups -OCH3 is 1. The van der Waals surface area contributed by atoms with Gasteiger partial charge in [-0.3, -0.25) is 19.1 Å². The van der Waals surface area contributed by atoms with E-state index in [1.54, 1.807) is 36.4 Å². The molecule has 4 heterocycles. The van der Waals surface area contributed by atoms with E-state index in [0.29, 0.717) is 58.4 Å². The number of anilines is 1. The van der Waals surface area contributed by atoms with Gasteiger partial charge in [0.2, 0.25) is 27.7 Å². The molecule has 0 spiro atoms. The summed E-state index contributed by atoms with van der Waals surface area (Å²) in [6.45, 7) is 0.170. The van der Waals surface area contributed by atoms with Gasteiger partial charge in [0.15, 0.2) is 0 Å². The normalized spacial score (nSPS) is 26.6. The number of urea groups is 1. The van der Waals surface area contributed by atoms with Crippen molar-refractivity contribution in [1.29, 1.82) is 0 Å². The van der Waals surface area contributed by atoms with Crippen molar-refractivity contribution in [2.45, 2.75) is 93.4 Å². The van der Waals surface area contributed by atoms with Gasteiger partial charge in [0.05, 0.1) is 31.7 Å². The van der Waals surface area contributed by atoms with Crippen molar-refractivity contribution in [3.8, 4) is 11.6 Å². The van der Waals surface area contributed by atoms with Gasteiger partial charge in [-0.15, -0.1) is 0 Å². The van der Waals surface area contributed by atoms with Crippen molar-refractivity contribution >= 4 is 74.4 Å². The highest BCUT2D eigenvalue weighted by atomic mass is 35.5. The largest absolute Gasteiger partial charge is 0.494 e. The van der Waals surface area contributed by atoms with E-state index in [0.717, 1.165) is 18.4 Å². The fourth-order valence-corrected chi connectivity index (χ4v) is 9.58. The molecule has 3 aromatic rings. The first kappa shape index (κ1) is 39.9. The lowest BCUT2D eigenvalue weighted by molar-refractivity contribution is -0.141. The second-order valence-electron chi connectivity index (χ2n) is 15.5. The zero-order valence-electron chi connectivity index (χ0n) is 31.7. The van der Waals surface area contributed by atoms with Crippen molar-refractivity contribution in [3.05, 3.63) is 65.3 Å². The maximum atomic E-state index is 14.7. The molecule has 1 unspecified atom stereocenters. The minimum absolute atomic E-state index is 0.00956. The Morgan fingerprint density at radius 3 is 2.72 bits per heavy atom. The van der Waals surface area contributed by atoms with Gasteiger partial charge in [0, 0.05) is 33.8 Å². The zero-order valence-corrected chi connectivity index (χ0v) is 33.3. The number of nitrogens with zero attached hydrogens (tertiary/aromatic N) is 2. The SMILES string of the molecule is COc1cnc(O[C@@H]2CC3C(=O)N[C@]4(C(=O)NS(=O)(=O)C5CC5)C[C@H]4/C=C\CCCCC[C@H](NC(=O)Nc4ccc5c(c4)B(O)OC5)C(=O)N3C2)c2cc(Cl)ccc12. The van der Waals surface area contributed by atoms with Gasteiger partial charge in [0.25, 0.3) is 5.91 Å². The molecule has 8 rings (SSSR count). The third-order valence-electron chi connectivity index (χ3n) is 11.5. The van der Waals surface area contributed by atoms with Crippen molar-refractivity contribution < 1.29 is 46.7 Å². The number of carbonyl (C=O) groups excluding carboxylic acids is 4. The summed E-state index contributed by atoms with van der Waals surface area (Å²) in [4.78, 5) is 62.3. The number of benzene rings is 2. The van der Waals surface area contributed by atoms with Crippen LogP contribution < -0.4 is 35.6 Å². The predicted octanol–water partition coefficient (Wildman–Crippen LogP) is 2.66. The van der Waals surface area contributed by atoms with Crippen LogP contribution in [0.1, 0.15) is 63.4 Å². The molecule has 5 atom stereocenters. The summed E-state index contributed by atoms with van der Waals surface area (Å²) < 4.78 is 45.2. The van der Waals surface area contributed by atoms with Gasteiger partial charge >= 0.3 is 13.1 Å². The number of ether oxygens (including phenoxy) is 2. The number of fused-ring (bicyclic) bond motifs is 4. The molecule has 0 bridgehead atoms. The van der Waals surface area contributed by atoms with Crippen LogP contribution in [0.4, 0.5) is 10.5 Å². The minimum Gasteiger partial charge on any atom is -0.494 e. The van der Waals surface area contributed by atoms with E-state index in [9.17, 15) is 32.6 Å². The number of allylic oxidation sites excluding steroid dienone is 1. The first-order chi connectivity index (χ1) is 27.8. The fourth-order valence-electron chi connectivity index (χ4n) is 8.04. The summed E-state index contributed by atoms with van der Waals surface area (Å²) in [5.74, 6) is -1.79. The van der Waals surface area contributed by atoms with Crippen molar-refractivity contribution in [2.24, 2.45) is 5.92 Å². The minimum atomic E-state index is -3.92. The summed E-state index contributed by atoms with van der Waals surface area (Å²) in [5.41, 5.74) is 0.168. The number of amides is 5. The first-order valence-electron chi connectivity index (χ1n) is 19.5. The number of sulfonamides is 1. The monoisotopic (exact) mass is 834 g/mol. The highest BCUT2D eigenvalue weighted by Crippen LogP contribution is 2.46. The topological polar surface area (TPSA) is 215 Å². The van der Waals surface area contributed by atoms with E-state index in [1.165, 1.54) is 18.2 Å². The number of aromatic nitrogens is 1. The van der Waals surface area contributed by atoms with Crippen molar-refractivity contribution in [2.75, 3.05) is 19.0 Å². The predicted molar refractivity (Wildman–Crippen MR) is 214 cm³/mol. The number of hydrogen-bond acceptors (Lipinski definition) is 11. The molecular formula is C39H44BClN6O10S. The highest BCUT2D eigenvalue weighted by Gasteiger charge is 2.62. The second kappa shape index (κ2) is 16.0. The van der Waals surface area contributed by atoms with Crippen LogP contribution in [0.15, 0.2) is 54.7 Å². The molecule has 2 saturated carbocycles. The van der Waals surface area contributed by atoms with Gasteiger partial charge < -0.3 is 40.0 Å². The quantitative estimate of drug-likeness (QED) is 0.164. The maximum absolute atomic E-state index is 14.7. The van der Waals surface area contributed by atoms with Crippen LogP contribution in [0.3, 0.4) is 0 Å². The molecule has 306 valence electrons. The molecule has 3 fully saturated rings. The van der Waals surface area contributed by atoms with Gasteiger partial charge in [-0.25, -0.2) is 18.2 Å². The van der Waals surface area contributed by atoms with Crippen LogP contribution in [0, 0.1) is 5.92 Å². The third-order valence-corrected chi connectivity index (χ3v) is 13.5. The molecule has 1 saturated heterocycles. The summed E-state index contributed by atoms with van der Waals surface area (Å²) >= 11 is 6.36. The van der Waals surface area contributed by atoms with Gasteiger partial charge in [-0.1, -0.05) is 42.7 Å². The van der Waals surface area contributed by atoms with Crippen LogP contribution in [0.5, 0.6) is 11.6 Å². The Bertz CT molecular complexity index is 2300. The molecule has 2 aliphatic carbocycles. The molecular weight excluding hydrogens is 791 g/mol. The van der Waals surface area contributed by atoms with E-state index >= 15 is 0 Å². The van der Waals surface area contributed by atoms with E-state index in [2.05, 4.69) is 25.7 Å². The van der Waals surface area contributed by atoms with Crippen LogP contribution in [0.2, 0.25) is 5.02 Å². The summed E-state index contributed by atoms with van der Waals surface area (Å²) in [6, 6.07) is 7.28. The van der Waals surface area contributed by atoms with Crippen LogP contribution in [-0.4, -0.2) is 96.8 Å². The number of pyridine rings is 1. The summed E-state index contributed by atoms with van der Waals surface area (Å²) in [6.07, 6.45) is 8.57. The molecule has 3 aliphatic heterocycles. The number of carbonyl (C=O) groups is 4. The van der Waals surface area contributed by atoms with Crippen molar-refractivity contribution in [1.82, 2.24) is 25.2 Å². The number of halogens is 1. The van der Waals surface area contributed by atoms with E-state index in [1.807, 2.05) is 12.2 Å². The molecule has 5 aliphatic rings. The molecule has 19 heteroatoms. The van der Waals surface area contributed by atoms with Gasteiger partial charge in [0.1, 0.15) is 29.5 Å². The van der Waals surface area contributed by atoms with Crippen molar-refractivity contribution in [3.63, 3.8) is 0 Å². The molecule has 1 aromatic heterocycles. The van der Waals surface area contributed by atoms with Crippen LogP contribution >= 0.6 is 11.6 Å². The Morgan fingerprint density at radius 2 is 1.93 bits per heavy atom. The fraction of sp³-hybridized carbons (Fsp3) is 0.462. The van der Waals surface area contributed by atoms with E-state index in [4.69, 9.17) is 25.7 Å². The zero-order chi connectivity index (χ0) is 40.8. The Labute approximate surface area is 340 Å². The standard InChI is InChI=1S/C39H44BClN6O10S/c1-55-33-19-42-35(29-15-24(41)10-14-28(29)33)57-26-17-32-34(48)45-39(37(50)46-58(53,54)27-12-13-27)18-23(39)7-5-3-2-4-6-8-31(36(49)47(32)20-26)44-38(51)43-25-11-9-22-21-56-40(52)30(22)16-25/h5,7,9-11,14-16,19,23,26-27,31-32,52H,2-4,6,8,12-13,17-18,20-21H2,1H3,(H,45,48)(H,46,50)(H2,43,44,51)/b7-5-/t23-,26-,31+,32?,39-/m1/s1. The van der Waals surface area contributed by atoms with E-state index in [-0.39, 0.29) is 38.3 Å². The average Bonchev–Trinajstić information content (AvgIpc) is 4.10. The molecule has 16 nitrogen and oxygen atoms in total. The Hall–Kier alpha value is -4.91. The maximum Gasteiger partial charge on any atom is 0.491 e. The smallest absolute Gasteiger partial charge is 0.491 e. The lowest BCUT2D eigenvalue weighted by Crippen LogP contribution is -2.58. The number of hydrogen-bond donors (Lipinski definition) is 5. The molecule has 5 N–H and O–H groups in total. The summed E-state index contributed by atoms with van der Waals surface area (Å²) in [5, 5.41) is 19.6. The summed E-state index contributed by atoms with van der Waals surface area (Å²) in [7, 11) is -3.52. The second-order valence-corrected chi connectivity index (χ2v) is 17.9. The highest BCUT2D eigenvalue weighted by molar-refractivity contribution is 7.91. The molecule has 58 heavy (non-hydrogen) atoms. The van der Waals surface area contributed by atoms with Crippen LogP contribution in [0.25, 0.3) is 10.8 Å². The average molecular weight is 835 g/mol. The first-order valence-corrected chi connectivity index (χ1v) is 21.4. The number of nitrogens with one attached hydrogen (secondary N) is 4. The lowest BCUT2D eigenvalue weighted by Gasteiger charge is -2.30. The Kier molecular flexibility index (Phi) is 11.0. The molecule has 0 radical (unpaired) electrons. The van der Waals surface area contributed by atoms with Gasteiger partial charge in [-0.05, 0) is 79.9 Å². The third kappa shape index (κ3) is 8.19. The Morgan fingerprint density at radius 1 is 1.10 bits per heavy atom. The lowest BCUT2D eigenvalue weighted by atomic mass is 9.79. The Balaban J connectivity index is 1.08.